The van der Waals surface area contributed by atoms with Crippen LogP contribution in [0.5, 0.6) is 5.75 Å². The normalized spacial score (nSPS) is 23.1. The summed E-state index contributed by atoms with van der Waals surface area (Å²) < 4.78 is 45.3. The fourth-order valence-corrected chi connectivity index (χ4v) is 2.43. The Balaban J connectivity index is 2.04. The zero-order chi connectivity index (χ0) is 14.2. The van der Waals surface area contributed by atoms with E-state index in [0.717, 1.165) is 5.39 Å². The van der Waals surface area contributed by atoms with Crippen LogP contribution < -0.4 is 10.1 Å². The lowest BCUT2D eigenvalue weighted by Crippen LogP contribution is -2.52. The van der Waals surface area contributed by atoms with Crippen LogP contribution in [0.4, 0.5) is 13.2 Å². The van der Waals surface area contributed by atoms with Crippen molar-refractivity contribution in [2.75, 3.05) is 13.1 Å². The molecule has 1 aromatic heterocycles. The molecule has 1 atom stereocenters. The lowest BCUT2D eigenvalue weighted by Gasteiger charge is -2.31. The third kappa shape index (κ3) is 2.10. The van der Waals surface area contributed by atoms with E-state index in [4.69, 9.17) is 4.74 Å². The van der Waals surface area contributed by atoms with Crippen molar-refractivity contribution in [3.63, 3.8) is 0 Å². The molecule has 1 aromatic carbocycles. The lowest BCUT2D eigenvalue weighted by atomic mass is 10.0. The van der Waals surface area contributed by atoms with Gasteiger partial charge in [0.2, 0.25) is 5.60 Å². The molecule has 0 spiro atoms. The van der Waals surface area contributed by atoms with Gasteiger partial charge in [0.1, 0.15) is 11.3 Å². The first-order valence-corrected chi connectivity index (χ1v) is 6.32. The van der Waals surface area contributed by atoms with Gasteiger partial charge >= 0.3 is 6.18 Å². The van der Waals surface area contributed by atoms with E-state index in [1.165, 1.54) is 6.07 Å². The minimum absolute atomic E-state index is 0.0975. The lowest BCUT2D eigenvalue weighted by molar-refractivity contribution is -0.240. The van der Waals surface area contributed by atoms with Crippen LogP contribution in [0.2, 0.25) is 0 Å². The number of fused-ring (bicyclic) bond motifs is 1. The van der Waals surface area contributed by atoms with E-state index in [-0.39, 0.29) is 25.3 Å². The molecule has 2 heterocycles. The Morgan fingerprint density at radius 3 is 2.70 bits per heavy atom. The molecule has 3 nitrogen and oxygen atoms in total. The number of nitrogens with zero attached hydrogens (tertiary/aromatic N) is 1. The van der Waals surface area contributed by atoms with Crippen molar-refractivity contribution in [3.8, 4) is 5.75 Å². The maximum Gasteiger partial charge on any atom is 0.429 e. The van der Waals surface area contributed by atoms with Gasteiger partial charge in [-0.1, -0.05) is 18.2 Å². The number of para-hydroxylation sites is 1. The van der Waals surface area contributed by atoms with Crippen molar-refractivity contribution >= 4 is 10.9 Å². The zero-order valence-electron chi connectivity index (χ0n) is 10.6. The third-order valence-electron chi connectivity index (χ3n) is 3.53. The van der Waals surface area contributed by atoms with E-state index in [2.05, 4.69) is 10.3 Å². The Labute approximate surface area is 113 Å². The minimum atomic E-state index is -4.42. The van der Waals surface area contributed by atoms with E-state index in [1.54, 1.807) is 30.5 Å². The highest BCUT2D eigenvalue weighted by molar-refractivity contribution is 5.84. The Hall–Kier alpha value is -1.82. The van der Waals surface area contributed by atoms with Gasteiger partial charge in [0.05, 0.1) is 0 Å². The quantitative estimate of drug-likeness (QED) is 0.919. The maximum absolute atomic E-state index is 13.3. The minimum Gasteiger partial charge on any atom is -0.474 e. The molecule has 0 aliphatic carbocycles. The summed E-state index contributed by atoms with van der Waals surface area (Å²) in [6, 6.07) is 8.53. The van der Waals surface area contributed by atoms with Crippen LogP contribution in [0.15, 0.2) is 36.5 Å². The zero-order valence-corrected chi connectivity index (χ0v) is 10.6. The highest BCUT2D eigenvalue weighted by Crippen LogP contribution is 2.40. The summed E-state index contributed by atoms with van der Waals surface area (Å²) in [5.41, 5.74) is -1.72. The van der Waals surface area contributed by atoms with Crippen LogP contribution in [0.25, 0.3) is 10.9 Å². The molecule has 20 heavy (non-hydrogen) atoms. The topological polar surface area (TPSA) is 34.1 Å². The monoisotopic (exact) mass is 282 g/mol. The number of pyridine rings is 1. The van der Waals surface area contributed by atoms with Crippen LogP contribution >= 0.6 is 0 Å². The molecule has 0 bridgehead atoms. The van der Waals surface area contributed by atoms with Crippen molar-refractivity contribution < 1.29 is 17.9 Å². The van der Waals surface area contributed by atoms with Crippen molar-refractivity contribution in [3.05, 3.63) is 36.5 Å². The molecule has 0 radical (unpaired) electrons. The molecule has 1 fully saturated rings. The van der Waals surface area contributed by atoms with E-state index >= 15 is 0 Å². The molecule has 1 saturated heterocycles. The van der Waals surface area contributed by atoms with Gasteiger partial charge in [0.25, 0.3) is 0 Å². The summed E-state index contributed by atoms with van der Waals surface area (Å²) in [7, 11) is 0. The number of benzene rings is 1. The van der Waals surface area contributed by atoms with E-state index < -0.39 is 11.8 Å². The predicted octanol–water partition coefficient (Wildman–Crippen LogP) is 2.91. The summed E-state index contributed by atoms with van der Waals surface area (Å²) >= 11 is 0. The number of hydrogen-bond donors (Lipinski definition) is 1. The number of rotatable bonds is 2. The van der Waals surface area contributed by atoms with Gasteiger partial charge in [0, 0.05) is 24.5 Å². The maximum atomic E-state index is 13.3. The smallest absolute Gasteiger partial charge is 0.429 e. The van der Waals surface area contributed by atoms with E-state index in [1.807, 2.05) is 0 Å². The van der Waals surface area contributed by atoms with Gasteiger partial charge in [-0.15, -0.1) is 0 Å². The first kappa shape index (κ1) is 13.2. The average Bonchev–Trinajstić information content (AvgIpc) is 2.89. The second-order valence-electron chi connectivity index (χ2n) is 4.85. The van der Waals surface area contributed by atoms with Gasteiger partial charge in [-0.05, 0) is 18.7 Å². The first-order chi connectivity index (χ1) is 9.52. The van der Waals surface area contributed by atoms with Crippen LogP contribution in [-0.2, 0) is 0 Å². The van der Waals surface area contributed by atoms with Gasteiger partial charge in [0.15, 0.2) is 0 Å². The van der Waals surface area contributed by atoms with Gasteiger partial charge < -0.3 is 10.1 Å². The molecule has 0 saturated carbocycles. The summed E-state index contributed by atoms with van der Waals surface area (Å²) in [6.07, 6.45) is -2.98. The molecule has 2 aromatic rings. The number of alkyl halides is 3. The van der Waals surface area contributed by atoms with Crippen LogP contribution in [-0.4, -0.2) is 29.9 Å². The third-order valence-corrected chi connectivity index (χ3v) is 3.53. The molecule has 106 valence electrons. The predicted molar refractivity (Wildman–Crippen MR) is 68.6 cm³/mol. The van der Waals surface area contributed by atoms with Crippen LogP contribution in [0.3, 0.4) is 0 Å². The fraction of sp³-hybridized carbons (Fsp3) is 0.357. The Bertz CT molecular complexity index is 616. The summed E-state index contributed by atoms with van der Waals surface area (Å²) in [5.74, 6) is 0.170. The van der Waals surface area contributed by atoms with Gasteiger partial charge in [-0.25, -0.2) is 0 Å². The summed E-state index contributed by atoms with van der Waals surface area (Å²) in [5, 5.41) is 3.48. The largest absolute Gasteiger partial charge is 0.474 e. The molecular formula is C14H13F3N2O. The highest BCUT2D eigenvalue weighted by atomic mass is 19.4. The number of ether oxygens (including phenoxy) is 1. The van der Waals surface area contributed by atoms with Crippen molar-refractivity contribution in [2.24, 2.45) is 0 Å². The van der Waals surface area contributed by atoms with E-state index in [0.29, 0.717) is 5.52 Å². The Morgan fingerprint density at radius 2 is 2.00 bits per heavy atom. The summed E-state index contributed by atoms with van der Waals surface area (Å²) in [4.78, 5) is 4.12. The molecule has 0 amide bonds. The number of hydrogen-bond acceptors (Lipinski definition) is 3. The second-order valence-corrected chi connectivity index (χ2v) is 4.85. The molecule has 6 heteroatoms. The van der Waals surface area contributed by atoms with E-state index in [9.17, 15) is 13.2 Å². The Morgan fingerprint density at radius 1 is 1.20 bits per heavy atom. The molecule has 1 unspecified atom stereocenters. The van der Waals surface area contributed by atoms with Crippen molar-refractivity contribution in [2.45, 2.75) is 18.2 Å². The number of aromatic nitrogens is 1. The molecule has 1 aliphatic rings. The standard InChI is InChI=1S/C14H13F3N2O/c15-14(16,17)13(6-8-18-9-13)20-11-5-1-3-10-4-2-7-19-12(10)11/h1-5,7,18H,6,8-9H2. The molecular weight excluding hydrogens is 269 g/mol. The number of nitrogens with one attached hydrogen (secondary N) is 1. The average molecular weight is 282 g/mol. The molecule has 1 aliphatic heterocycles. The fourth-order valence-electron chi connectivity index (χ4n) is 2.43. The van der Waals surface area contributed by atoms with Gasteiger partial charge in [-0.3, -0.25) is 4.98 Å². The second kappa shape index (κ2) is 4.63. The van der Waals surface area contributed by atoms with Crippen LogP contribution in [0.1, 0.15) is 6.42 Å². The molecule has 1 N–H and O–H groups in total. The van der Waals surface area contributed by atoms with Crippen molar-refractivity contribution in [1.82, 2.24) is 10.3 Å². The Kier molecular flexibility index (Phi) is 3.05. The first-order valence-electron chi connectivity index (χ1n) is 6.32. The van der Waals surface area contributed by atoms with Crippen molar-refractivity contribution in [1.29, 1.82) is 0 Å². The van der Waals surface area contributed by atoms with Crippen LogP contribution in [0, 0.1) is 0 Å². The molecule has 3 rings (SSSR count). The SMILES string of the molecule is FC(F)(F)C1(Oc2cccc3cccnc23)CCNC1. The highest BCUT2D eigenvalue weighted by Gasteiger charge is 2.59. The van der Waals surface area contributed by atoms with Gasteiger partial charge in [-0.2, -0.15) is 13.2 Å². The summed E-state index contributed by atoms with van der Waals surface area (Å²) in [6.45, 7) is 0.0530. The number of halogens is 3.